The van der Waals surface area contributed by atoms with Crippen LogP contribution in [0.1, 0.15) is 93.4 Å². The highest BCUT2D eigenvalue weighted by Gasteiger charge is 2.60. The second-order valence-corrected chi connectivity index (χ2v) is 13.1. The molecule has 0 aromatic carbocycles. The number of epoxide rings is 1. The first-order valence-corrected chi connectivity index (χ1v) is 13.8. The van der Waals surface area contributed by atoms with Crippen LogP contribution in [0.4, 0.5) is 0 Å². The molecule has 1 saturated heterocycles. The molecule has 0 amide bonds. The van der Waals surface area contributed by atoms with Crippen molar-refractivity contribution in [2.24, 2.45) is 46.3 Å². The quantitative estimate of drug-likeness (QED) is 0.328. The van der Waals surface area contributed by atoms with E-state index in [1.165, 1.54) is 31.3 Å². The Bertz CT molecular complexity index is 855. The molecule has 0 aromatic heterocycles. The average molecular weight is 455 g/mol. The van der Waals surface area contributed by atoms with E-state index in [-0.39, 0.29) is 17.5 Å². The second kappa shape index (κ2) is 8.25. The fourth-order valence-electron chi connectivity index (χ4n) is 8.80. The van der Waals surface area contributed by atoms with Crippen molar-refractivity contribution in [3.8, 4) is 0 Å². The number of rotatable bonds is 5. The molecule has 1 aliphatic heterocycles. The van der Waals surface area contributed by atoms with E-state index in [9.17, 15) is 4.79 Å². The van der Waals surface area contributed by atoms with Gasteiger partial charge in [-0.05, 0) is 84.9 Å². The maximum absolute atomic E-state index is 11.5. The van der Waals surface area contributed by atoms with Gasteiger partial charge in [0, 0.05) is 13.3 Å². The topological polar surface area (TPSA) is 38.8 Å². The lowest BCUT2D eigenvalue weighted by atomic mass is 9.50. The summed E-state index contributed by atoms with van der Waals surface area (Å²) in [5, 5.41) is 0. The molecule has 5 rings (SSSR count). The van der Waals surface area contributed by atoms with Crippen LogP contribution in [-0.4, -0.2) is 24.3 Å². The molecule has 184 valence electrons. The molecule has 0 bridgehead atoms. The summed E-state index contributed by atoms with van der Waals surface area (Å²) in [5.41, 5.74) is 3.94. The van der Waals surface area contributed by atoms with Crippen molar-refractivity contribution in [1.82, 2.24) is 0 Å². The lowest BCUT2D eigenvalue weighted by molar-refractivity contribution is -0.148. The summed E-state index contributed by atoms with van der Waals surface area (Å²) in [6.07, 6.45) is 14.4. The van der Waals surface area contributed by atoms with E-state index in [2.05, 4.69) is 53.7 Å². The van der Waals surface area contributed by atoms with Crippen LogP contribution in [-0.2, 0) is 14.3 Å². The molecule has 0 spiro atoms. The van der Waals surface area contributed by atoms with Crippen molar-refractivity contribution in [3.05, 3.63) is 23.3 Å². The zero-order chi connectivity index (χ0) is 23.7. The number of carbonyl (C=O) groups is 1. The Morgan fingerprint density at radius 3 is 2.45 bits per heavy atom. The second-order valence-electron chi connectivity index (χ2n) is 13.1. The van der Waals surface area contributed by atoms with Gasteiger partial charge in [0.2, 0.25) is 0 Å². The van der Waals surface area contributed by atoms with E-state index in [4.69, 9.17) is 9.47 Å². The Hall–Kier alpha value is -1.09. The summed E-state index contributed by atoms with van der Waals surface area (Å²) in [6.45, 7) is 16.2. The molecule has 33 heavy (non-hydrogen) atoms. The molecular formula is C30H46O3. The maximum atomic E-state index is 11.5. The smallest absolute Gasteiger partial charge is 0.302 e. The van der Waals surface area contributed by atoms with Crippen LogP contribution < -0.4 is 0 Å². The fourth-order valence-corrected chi connectivity index (χ4v) is 8.80. The van der Waals surface area contributed by atoms with Gasteiger partial charge in [-0.25, -0.2) is 0 Å². The van der Waals surface area contributed by atoms with E-state index >= 15 is 0 Å². The van der Waals surface area contributed by atoms with Gasteiger partial charge in [0.1, 0.15) is 6.10 Å². The summed E-state index contributed by atoms with van der Waals surface area (Å²) in [4.78, 5) is 11.5. The molecule has 0 aromatic rings. The zero-order valence-corrected chi connectivity index (χ0v) is 22.0. The third-order valence-corrected chi connectivity index (χ3v) is 11.2. The lowest BCUT2D eigenvalue weighted by Gasteiger charge is -2.55. The van der Waals surface area contributed by atoms with Crippen molar-refractivity contribution in [1.29, 1.82) is 0 Å². The van der Waals surface area contributed by atoms with Crippen LogP contribution in [0.5, 0.6) is 0 Å². The first-order chi connectivity index (χ1) is 15.6. The van der Waals surface area contributed by atoms with E-state index in [1.54, 1.807) is 12.5 Å². The van der Waals surface area contributed by atoms with Gasteiger partial charge in [0.25, 0.3) is 0 Å². The van der Waals surface area contributed by atoms with E-state index in [0.29, 0.717) is 41.3 Å². The summed E-state index contributed by atoms with van der Waals surface area (Å²) >= 11 is 0. The molecule has 3 nitrogen and oxygen atoms in total. The molecular weight excluding hydrogens is 408 g/mol. The van der Waals surface area contributed by atoms with Crippen LogP contribution in [0, 0.1) is 46.3 Å². The monoisotopic (exact) mass is 454 g/mol. The first-order valence-electron chi connectivity index (χ1n) is 13.8. The van der Waals surface area contributed by atoms with Gasteiger partial charge < -0.3 is 9.47 Å². The maximum Gasteiger partial charge on any atom is 0.302 e. The molecule has 0 N–H and O–H groups in total. The molecule has 4 aliphatic carbocycles. The molecule has 0 radical (unpaired) electrons. The summed E-state index contributed by atoms with van der Waals surface area (Å²) in [5.74, 6) is 4.05. The molecule has 3 saturated carbocycles. The van der Waals surface area contributed by atoms with Gasteiger partial charge in [-0.3, -0.25) is 4.79 Å². The summed E-state index contributed by atoms with van der Waals surface area (Å²) in [7, 11) is 0. The minimum atomic E-state index is -0.138. The normalized spacial score (nSPS) is 45.8. The molecule has 3 heteroatoms. The minimum absolute atomic E-state index is 0.0714. The number of esters is 1. The minimum Gasteiger partial charge on any atom is -0.462 e. The molecule has 4 fully saturated rings. The van der Waals surface area contributed by atoms with Gasteiger partial charge in [-0.1, -0.05) is 64.8 Å². The van der Waals surface area contributed by atoms with Gasteiger partial charge in [0.15, 0.2) is 0 Å². The van der Waals surface area contributed by atoms with E-state index in [1.807, 2.05) is 0 Å². The summed E-state index contributed by atoms with van der Waals surface area (Å²) < 4.78 is 11.9. The standard InChI is InChI=1S/C30H46O3/c1-17(2)18(3)27-28(33-27)19(4)24-10-11-25-23-9-8-21-16-22(32-20(5)31)12-14-29(21,6)26(23)13-15-30(24,25)7/h8-9,17-19,22,24-28H,10-16H2,1-7H3/t18?,19?,22-,24+,25-,26-,27+,28+,29-,30+/m0/s1. The summed E-state index contributed by atoms with van der Waals surface area (Å²) in [6, 6.07) is 0. The van der Waals surface area contributed by atoms with Gasteiger partial charge in [0.05, 0.1) is 12.2 Å². The fraction of sp³-hybridized carbons (Fsp3) is 0.833. The molecule has 2 unspecified atom stereocenters. The number of hydrogen-bond donors (Lipinski definition) is 0. The SMILES string of the molecule is CC(=O)O[C@H]1CC[C@@]2(C)C(=CC=C3[C@@H]4CC[C@H](C(C)[C@H]5O[C@@H]5C(C)C(C)C)[C@@]4(C)CC[C@@H]32)C1. The van der Waals surface area contributed by atoms with Gasteiger partial charge in [-0.15, -0.1) is 0 Å². The Morgan fingerprint density at radius 1 is 1.00 bits per heavy atom. The third kappa shape index (κ3) is 3.76. The highest BCUT2D eigenvalue weighted by molar-refractivity contribution is 5.66. The number of fused-ring (bicyclic) bond motifs is 5. The molecule has 1 heterocycles. The Labute approximate surface area is 201 Å². The van der Waals surface area contributed by atoms with Gasteiger partial charge in [-0.2, -0.15) is 0 Å². The largest absolute Gasteiger partial charge is 0.462 e. The number of allylic oxidation sites excluding steroid dienone is 3. The number of ether oxygens (including phenoxy) is 2. The average Bonchev–Trinajstić information content (AvgIpc) is 3.47. The zero-order valence-electron chi connectivity index (χ0n) is 22.0. The van der Waals surface area contributed by atoms with Crippen LogP contribution >= 0.6 is 0 Å². The van der Waals surface area contributed by atoms with Crippen molar-refractivity contribution < 1.29 is 14.3 Å². The third-order valence-electron chi connectivity index (χ3n) is 11.2. The van der Waals surface area contributed by atoms with Crippen molar-refractivity contribution in [3.63, 3.8) is 0 Å². The molecule has 10 atom stereocenters. The van der Waals surface area contributed by atoms with Gasteiger partial charge >= 0.3 is 5.97 Å². The highest BCUT2D eigenvalue weighted by atomic mass is 16.6. The van der Waals surface area contributed by atoms with E-state index in [0.717, 1.165) is 31.1 Å². The highest BCUT2D eigenvalue weighted by Crippen LogP contribution is 2.66. The number of hydrogen-bond acceptors (Lipinski definition) is 3. The van der Waals surface area contributed by atoms with Crippen molar-refractivity contribution in [2.45, 2.75) is 112 Å². The molecule has 5 aliphatic rings. The van der Waals surface area contributed by atoms with Crippen LogP contribution in [0.2, 0.25) is 0 Å². The predicted molar refractivity (Wildman–Crippen MR) is 133 cm³/mol. The lowest BCUT2D eigenvalue weighted by Crippen LogP contribution is -2.47. The van der Waals surface area contributed by atoms with Crippen LogP contribution in [0.3, 0.4) is 0 Å². The Balaban J connectivity index is 1.34. The van der Waals surface area contributed by atoms with Crippen molar-refractivity contribution >= 4 is 5.97 Å². The first kappa shape index (κ1) is 23.6. The van der Waals surface area contributed by atoms with Crippen LogP contribution in [0.25, 0.3) is 0 Å². The predicted octanol–water partition coefficient (Wildman–Crippen LogP) is 7.11. The Morgan fingerprint density at radius 2 is 1.76 bits per heavy atom. The number of carbonyl (C=O) groups excluding carboxylic acids is 1. The Kier molecular flexibility index (Phi) is 5.91. The van der Waals surface area contributed by atoms with E-state index < -0.39 is 0 Å². The van der Waals surface area contributed by atoms with Crippen molar-refractivity contribution in [2.75, 3.05) is 0 Å². The van der Waals surface area contributed by atoms with Crippen LogP contribution in [0.15, 0.2) is 23.3 Å².